The first kappa shape index (κ1) is 30.0. The Kier molecular flexibility index (Phi) is 8.49. The van der Waals surface area contributed by atoms with E-state index >= 15 is 4.39 Å². The van der Waals surface area contributed by atoms with Gasteiger partial charge in [0.2, 0.25) is 0 Å². The van der Waals surface area contributed by atoms with Crippen LogP contribution in [0.1, 0.15) is 51.2 Å². The van der Waals surface area contributed by atoms with Gasteiger partial charge >= 0.3 is 0 Å². The highest BCUT2D eigenvalue weighted by Crippen LogP contribution is 2.40. The summed E-state index contributed by atoms with van der Waals surface area (Å²) < 4.78 is 144. The van der Waals surface area contributed by atoms with Crippen molar-refractivity contribution in [3.05, 3.63) is 228 Å². The molecule has 66 heavy (non-hydrogen) atoms. The van der Waals surface area contributed by atoms with Crippen molar-refractivity contribution in [2.75, 3.05) is 0 Å². The number of aryl methyl sites for hydroxylation is 6. The van der Waals surface area contributed by atoms with Crippen LogP contribution < -0.4 is 5.19 Å². The van der Waals surface area contributed by atoms with Gasteiger partial charge in [-0.1, -0.05) is 158 Å². The molecule has 0 N–H and O–H groups in total. The highest BCUT2D eigenvalue weighted by molar-refractivity contribution is 6.88. The van der Waals surface area contributed by atoms with Crippen molar-refractivity contribution < 1.29 is 26.6 Å². The van der Waals surface area contributed by atoms with Crippen molar-refractivity contribution >= 4 is 35.2 Å². The second-order valence-electron chi connectivity index (χ2n) is 16.9. The molecule has 4 heterocycles. The summed E-state index contributed by atoms with van der Waals surface area (Å²) in [5, 5.41) is 2.25. The van der Waals surface area contributed by atoms with Crippen LogP contribution in [0, 0.1) is 5.82 Å². The summed E-state index contributed by atoms with van der Waals surface area (Å²) in [6.07, 6.45) is -14.7. The quantitative estimate of drug-likeness (QED) is 0.102. The normalized spacial score (nSPS) is 15.9. The lowest BCUT2D eigenvalue weighted by molar-refractivity contribution is 0.622. The molecule has 0 saturated carbocycles. The minimum Gasteiger partial charge on any atom is -0.455 e. The molecule has 0 spiro atoms. The number of fused-ring (bicyclic) bond motifs is 3. The number of pyridine rings is 3. The van der Waals surface area contributed by atoms with E-state index in [0.29, 0.717) is 38.9 Å². The molecule has 10 aromatic rings. The van der Waals surface area contributed by atoms with Gasteiger partial charge in [0.25, 0.3) is 0 Å². The SMILES string of the molecule is [2H]c1cc2c(oc3c(-c4ccc(C([2H])([2H])C([2H])([2H])c5cc(C([2H])([2H])C([2H])([2H])c6ccc(-c7ccccc7)nc6)cc(C([2H])([2H])C([2H])([2H])c6ccc(-c7ccccc7)nc6)c5)cn4)cccc32)c(-c2ccc([Si](C)(C)C)cc2)c1F. The fraction of sp³-hybridized carbons (Fsp3) is 0.150. The van der Waals surface area contributed by atoms with Gasteiger partial charge in [-0.3, -0.25) is 15.0 Å². The zero-order chi connectivity index (χ0) is 56.7. The van der Waals surface area contributed by atoms with Gasteiger partial charge in [-0.25, -0.2) is 4.39 Å². The number of nitrogens with zero attached hydrogens (tertiary/aromatic N) is 3. The van der Waals surface area contributed by atoms with Gasteiger partial charge in [0.1, 0.15) is 17.0 Å². The van der Waals surface area contributed by atoms with Crippen LogP contribution in [0.2, 0.25) is 19.6 Å². The van der Waals surface area contributed by atoms with Crippen molar-refractivity contribution in [1.82, 2.24) is 15.0 Å². The number of rotatable bonds is 14. The molecule has 0 aliphatic heterocycles. The summed E-state index contributed by atoms with van der Waals surface area (Å²) in [6.45, 7) is 6.63. The van der Waals surface area contributed by atoms with E-state index in [0.717, 1.165) is 35.5 Å². The van der Waals surface area contributed by atoms with Crippen LogP contribution in [0.15, 0.2) is 193 Å². The van der Waals surface area contributed by atoms with E-state index in [1.165, 1.54) is 60.0 Å². The first-order valence-corrected chi connectivity index (χ1v) is 25.1. The molecule has 4 aromatic heterocycles. The number of benzene rings is 6. The molecule has 6 heteroatoms. The third-order valence-electron chi connectivity index (χ3n) is 11.3. The number of hydrogen-bond acceptors (Lipinski definition) is 4. The van der Waals surface area contributed by atoms with E-state index in [2.05, 4.69) is 34.6 Å². The zero-order valence-electron chi connectivity index (χ0n) is 49.4. The highest BCUT2D eigenvalue weighted by atomic mass is 28.3. The van der Waals surface area contributed by atoms with Crippen LogP contribution in [0.3, 0.4) is 0 Å². The maximum Gasteiger partial charge on any atom is 0.146 e. The molecule has 0 atom stereocenters. The van der Waals surface area contributed by atoms with Gasteiger partial charge in [0, 0.05) is 62.5 Å². The van der Waals surface area contributed by atoms with Crippen LogP contribution in [0.5, 0.6) is 0 Å². The zero-order valence-corrected chi connectivity index (χ0v) is 37.4. The summed E-state index contributed by atoms with van der Waals surface area (Å²) in [5.74, 6) is -0.743. The van der Waals surface area contributed by atoms with E-state index in [9.17, 15) is 16.4 Å². The van der Waals surface area contributed by atoms with Gasteiger partial charge in [0.05, 0.1) is 32.1 Å². The van der Waals surface area contributed by atoms with Crippen molar-refractivity contribution in [1.29, 1.82) is 0 Å². The summed E-state index contributed by atoms with van der Waals surface area (Å²) in [6, 6.07) is 43.6. The molecule has 0 radical (unpaired) electrons. The summed E-state index contributed by atoms with van der Waals surface area (Å²) in [7, 11) is -1.68. The average molecular weight is 891 g/mol. The molecular weight excluding hydrogens is 826 g/mol. The summed E-state index contributed by atoms with van der Waals surface area (Å²) in [5.41, 5.74) is 1.92. The topological polar surface area (TPSA) is 51.8 Å². The number of furan rings is 1. The molecule has 0 aliphatic carbocycles. The second kappa shape index (κ2) is 18.7. The molecule has 0 saturated heterocycles. The van der Waals surface area contributed by atoms with E-state index in [4.69, 9.17) is 5.79 Å². The fourth-order valence-electron chi connectivity index (χ4n) is 7.77. The molecule has 324 valence electrons. The Morgan fingerprint density at radius 1 is 0.470 bits per heavy atom. The molecule has 10 rings (SSSR count). The fourth-order valence-corrected chi connectivity index (χ4v) is 8.94. The molecule has 6 aromatic carbocycles. The highest BCUT2D eigenvalue weighted by Gasteiger charge is 2.21. The van der Waals surface area contributed by atoms with Crippen LogP contribution in [-0.4, -0.2) is 23.0 Å². The molecule has 0 unspecified atom stereocenters. The average Bonchev–Trinajstić information content (AvgIpc) is 4.10. The number of aromatic nitrogens is 3. The summed E-state index contributed by atoms with van der Waals surface area (Å²) in [4.78, 5) is 13.4. The van der Waals surface area contributed by atoms with Crippen LogP contribution in [0.4, 0.5) is 4.39 Å². The Bertz CT molecular complexity index is 3770. The summed E-state index contributed by atoms with van der Waals surface area (Å²) >= 11 is 0. The monoisotopic (exact) mass is 890 g/mol. The lowest BCUT2D eigenvalue weighted by atomic mass is 9.94. The van der Waals surface area contributed by atoms with Crippen LogP contribution in [0.25, 0.3) is 66.8 Å². The largest absolute Gasteiger partial charge is 0.455 e. The van der Waals surface area contributed by atoms with Gasteiger partial charge in [-0.2, -0.15) is 0 Å². The minimum atomic E-state index is -3.16. The standard InChI is InChI=1S/C60H52FN3OSi/c1-66(2,3)50-28-26-49(27-29-50)58-54(61)31-30-52-51-15-10-16-53(59(51)65-60(52)58)57-34-25-43(40-64-57)19-22-46-36-44(20-17-41-23-32-55(62-38-41)47-11-6-4-7-12-47)35-45(37-46)21-18-42-24-33-56(63-39-42)48-13-8-5-9-14-48/h4-16,23-40H,17-22H2,1-3H3/i17D2,18D2,19D2,20D2,21D2,22D2,31D. The lowest BCUT2D eigenvalue weighted by Gasteiger charge is -2.17. The van der Waals surface area contributed by atoms with E-state index in [-0.39, 0.29) is 39.6 Å². The molecular formula is C60H52FN3OSi. The van der Waals surface area contributed by atoms with Crippen molar-refractivity contribution in [3.63, 3.8) is 0 Å². The first-order chi connectivity index (χ1) is 37.2. The first-order valence-electron chi connectivity index (χ1n) is 28.1. The van der Waals surface area contributed by atoms with Gasteiger partial charge in [0.15, 0.2) is 0 Å². The molecule has 0 aliphatic rings. The molecule has 0 bridgehead atoms. The molecule has 0 amide bonds. The van der Waals surface area contributed by atoms with Crippen LogP contribution in [-0.2, 0) is 38.2 Å². The van der Waals surface area contributed by atoms with Crippen molar-refractivity contribution in [3.8, 4) is 44.9 Å². The second-order valence-corrected chi connectivity index (χ2v) is 22.0. The van der Waals surface area contributed by atoms with Gasteiger partial charge in [-0.15, -0.1) is 0 Å². The Balaban J connectivity index is 1.05. The smallest absolute Gasteiger partial charge is 0.146 e. The number of hydrogen-bond donors (Lipinski definition) is 0. The van der Waals surface area contributed by atoms with Crippen LogP contribution >= 0.6 is 0 Å². The Morgan fingerprint density at radius 3 is 1.41 bits per heavy atom. The van der Waals surface area contributed by atoms with E-state index < -0.39 is 68.8 Å². The number of para-hydroxylation sites is 1. The molecule has 0 fully saturated rings. The Morgan fingerprint density at radius 2 is 0.939 bits per heavy atom. The third-order valence-corrected chi connectivity index (χ3v) is 13.3. The van der Waals surface area contributed by atoms with Gasteiger partial charge in [-0.05, 0) is 114 Å². The minimum absolute atomic E-state index is 0.134. The number of halogens is 1. The van der Waals surface area contributed by atoms with Crippen molar-refractivity contribution in [2.24, 2.45) is 0 Å². The Hall–Kier alpha value is -7.28. The van der Waals surface area contributed by atoms with Crippen molar-refractivity contribution in [2.45, 2.75) is 57.9 Å². The predicted molar refractivity (Wildman–Crippen MR) is 273 cm³/mol. The predicted octanol–water partition coefficient (Wildman–Crippen LogP) is 14.5. The lowest BCUT2D eigenvalue weighted by Crippen LogP contribution is -2.37. The van der Waals surface area contributed by atoms with E-state index in [1.54, 1.807) is 18.2 Å². The maximum absolute atomic E-state index is 16.0. The van der Waals surface area contributed by atoms with Gasteiger partial charge < -0.3 is 4.42 Å². The molecule has 4 nitrogen and oxygen atoms in total. The maximum atomic E-state index is 16.0. The van der Waals surface area contributed by atoms with E-state index in [1.807, 2.05) is 84.9 Å². The Labute approximate surface area is 406 Å². The third kappa shape index (κ3) is 9.42.